The molecule has 0 N–H and O–H groups in total. The summed E-state index contributed by atoms with van der Waals surface area (Å²) in [4.78, 5) is 0. The second-order valence-electron chi connectivity index (χ2n) is 5.63. The molecular weight excluding hydrogens is 156 g/mol. The van der Waals surface area contributed by atoms with Gasteiger partial charge in [-0.3, -0.25) is 0 Å². The van der Waals surface area contributed by atoms with Gasteiger partial charge in [-0.25, -0.2) is 0 Å². The van der Waals surface area contributed by atoms with Crippen LogP contribution in [0.5, 0.6) is 0 Å². The molecule has 0 amide bonds. The van der Waals surface area contributed by atoms with E-state index in [-0.39, 0.29) is 0 Å². The van der Waals surface area contributed by atoms with Crippen LogP contribution >= 0.6 is 0 Å². The Kier molecular flexibility index (Phi) is 3.58. The average molecular weight is 180 g/mol. The van der Waals surface area contributed by atoms with Crippen LogP contribution in [0.2, 0.25) is 0 Å². The molecule has 2 unspecified atom stereocenters. The Hall–Kier alpha value is -0.260. The molecule has 0 aromatic carbocycles. The van der Waals surface area contributed by atoms with E-state index in [1.807, 2.05) is 0 Å². The lowest BCUT2D eigenvalue weighted by atomic mass is 9.94. The highest BCUT2D eigenvalue weighted by atomic mass is 14.3. The van der Waals surface area contributed by atoms with Crippen LogP contribution in [0.4, 0.5) is 0 Å². The van der Waals surface area contributed by atoms with Crippen molar-refractivity contribution < 1.29 is 0 Å². The third kappa shape index (κ3) is 3.97. The number of hydrogen-bond acceptors (Lipinski definition) is 0. The van der Waals surface area contributed by atoms with Gasteiger partial charge in [-0.1, -0.05) is 46.3 Å². The molecule has 2 aliphatic rings. The van der Waals surface area contributed by atoms with Crippen molar-refractivity contribution >= 4 is 0 Å². The molecule has 2 bridgehead atoms. The minimum Gasteiger partial charge on any atom is -0.0851 e. The summed E-state index contributed by atoms with van der Waals surface area (Å²) < 4.78 is 0. The van der Waals surface area contributed by atoms with Gasteiger partial charge in [0.15, 0.2) is 0 Å². The molecule has 0 heterocycles. The minimum atomic E-state index is 0.542. The molecule has 0 radical (unpaired) electrons. The van der Waals surface area contributed by atoms with E-state index in [1.165, 1.54) is 25.7 Å². The molecule has 0 saturated heterocycles. The van der Waals surface area contributed by atoms with E-state index in [2.05, 4.69) is 39.8 Å². The van der Waals surface area contributed by atoms with E-state index in [1.54, 1.807) is 0 Å². The van der Waals surface area contributed by atoms with Gasteiger partial charge in [0.05, 0.1) is 0 Å². The third-order valence-electron chi connectivity index (χ3n) is 3.23. The summed E-state index contributed by atoms with van der Waals surface area (Å²) in [5.74, 6) is 1.98. The molecule has 76 valence electrons. The lowest BCUT2D eigenvalue weighted by molar-refractivity contribution is 0.398. The summed E-state index contributed by atoms with van der Waals surface area (Å²) in [6.45, 7) is 8.94. The van der Waals surface area contributed by atoms with Gasteiger partial charge in [0, 0.05) is 0 Å². The first kappa shape index (κ1) is 10.8. The van der Waals surface area contributed by atoms with Crippen molar-refractivity contribution in [3.8, 4) is 0 Å². The monoisotopic (exact) mass is 180 g/mol. The molecule has 1 fully saturated rings. The molecule has 2 rings (SSSR count). The van der Waals surface area contributed by atoms with Crippen LogP contribution in [0, 0.1) is 17.3 Å². The highest BCUT2D eigenvalue weighted by Crippen LogP contribution is 2.38. The molecule has 1 saturated carbocycles. The van der Waals surface area contributed by atoms with Crippen LogP contribution in [0.15, 0.2) is 12.2 Å². The largest absolute Gasteiger partial charge is 0.0851 e. The van der Waals surface area contributed by atoms with Gasteiger partial charge in [-0.05, 0) is 36.5 Å². The van der Waals surface area contributed by atoms with Gasteiger partial charge in [0.2, 0.25) is 0 Å². The van der Waals surface area contributed by atoms with Gasteiger partial charge in [0.25, 0.3) is 0 Å². The van der Waals surface area contributed by atoms with Gasteiger partial charge in [-0.15, -0.1) is 0 Å². The quantitative estimate of drug-likeness (QED) is 0.484. The van der Waals surface area contributed by atoms with E-state index < -0.39 is 0 Å². The Labute approximate surface area is 83.4 Å². The third-order valence-corrected chi connectivity index (χ3v) is 3.23. The standard InChI is InChI=1S/C7H10.C6H14/c1-2-7-4-3-6(1)5-7;1-5-6(2,3)4/h1-2,6-7H,3-5H2;5H2,1-4H3. The summed E-state index contributed by atoms with van der Waals surface area (Å²) in [5, 5.41) is 0. The van der Waals surface area contributed by atoms with Crippen molar-refractivity contribution in [1.82, 2.24) is 0 Å². The molecule has 0 nitrogen and oxygen atoms in total. The van der Waals surface area contributed by atoms with Crippen molar-refractivity contribution in [3.63, 3.8) is 0 Å². The highest BCUT2D eigenvalue weighted by Gasteiger charge is 2.25. The van der Waals surface area contributed by atoms with Crippen LogP contribution in [-0.2, 0) is 0 Å². The smallest absolute Gasteiger partial charge is 0.0228 e. The predicted molar refractivity (Wildman–Crippen MR) is 59.7 cm³/mol. The Morgan fingerprint density at radius 3 is 1.54 bits per heavy atom. The summed E-state index contributed by atoms with van der Waals surface area (Å²) >= 11 is 0. The number of fused-ring (bicyclic) bond motifs is 2. The lowest BCUT2D eigenvalue weighted by Gasteiger charge is -2.12. The van der Waals surface area contributed by atoms with Crippen molar-refractivity contribution in [2.45, 2.75) is 53.4 Å². The Morgan fingerprint density at radius 1 is 1.08 bits per heavy atom. The highest BCUT2D eigenvalue weighted by molar-refractivity contribution is 5.06. The molecule has 0 aromatic heterocycles. The fourth-order valence-corrected chi connectivity index (χ4v) is 1.72. The Morgan fingerprint density at radius 2 is 1.46 bits per heavy atom. The summed E-state index contributed by atoms with van der Waals surface area (Å²) in [6, 6.07) is 0. The molecule has 13 heavy (non-hydrogen) atoms. The van der Waals surface area contributed by atoms with E-state index in [0.717, 1.165) is 11.8 Å². The first-order valence-corrected chi connectivity index (χ1v) is 5.69. The van der Waals surface area contributed by atoms with E-state index in [0.29, 0.717) is 5.41 Å². The Balaban J connectivity index is 0.000000133. The van der Waals surface area contributed by atoms with Crippen molar-refractivity contribution in [2.75, 3.05) is 0 Å². The van der Waals surface area contributed by atoms with Crippen molar-refractivity contribution in [2.24, 2.45) is 17.3 Å². The molecule has 0 heteroatoms. The van der Waals surface area contributed by atoms with Crippen LogP contribution in [0.1, 0.15) is 53.4 Å². The van der Waals surface area contributed by atoms with Gasteiger partial charge in [-0.2, -0.15) is 0 Å². The second kappa shape index (κ2) is 4.30. The summed E-state index contributed by atoms with van der Waals surface area (Å²) in [5.41, 5.74) is 0.542. The molecular formula is C13H24. The van der Waals surface area contributed by atoms with E-state index >= 15 is 0 Å². The SMILES string of the molecule is C1=CC2CCC1C2.CCC(C)(C)C. The topological polar surface area (TPSA) is 0 Å². The fourth-order valence-electron chi connectivity index (χ4n) is 1.72. The first-order valence-electron chi connectivity index (χ1n) is 5.69. The Bertz CT molecular complexity index is 159. The molecule has 0 aliphatic heterocycles. The molecule has 0 aromatic rings. The van der Waals surface area contributed by atoms with Crippen LogP contribution in [0.3, 0.4) is 0 Å². The average Bonchev–Trinajstić information content (AvgIpc) is 2.66. The van der Waals surface area contributed by atoms with Crippen LogP contribution < -0.4 is 0 Å². The van der Waals surface area contributed by atoms with Gasteiger partial charge < -0.3 is 0 Å². The summed E-state index contributed by atoms with van der Waals surface area (Å²) in [6.07, 6.45) is 10.5. The maximum atomic E-state index is 2.38. The first-order chi connectivity index (χ1) is 6.01. The normalized spacial score (nSPS) is 30.2. The van der Waals surface area contributed by atoms with Crippen LogP contribution in [0.25, 0.3) is 0 Å². The molecule has 2 aliphatic carbocycles. The minimum absolute atomic E-state index is 0.542. The zero-order valence-electron chi connectivity index (χ0n) is 9.64. The van der Waals surface area contributed by atoms with E-state index in [9.17, 15) is 0 Å². The molecule has 0 spiro atoms. The van der Waals surface area contributed by atoms with E-state index in [4.69, 9.17) is 0 Å². The number of allylic oxidation sites excluding steroid dienone is 2. The second-order valence-corrected chi connectivity index (χ2v) is 5.63. The van der Waals surface area contributed by atoms with Crippen molar-refractivity contribution in [3.05, 3.63) is 12.2 Å². The van der Waals surface area contributed by atoms with Crippen molar-refractivity contribution in [1.29, 1.82) is 0 Å². The maximum Gasteiger partial charge on any atom is -0.0228 e. The maximum absolute atomic E-state index is 2.38. The zero-order chi connectivity index (χ0) is 9.90. The number of rotatable bonds is 0. The van der Waals surface area contributed by atoms with Crippen LogP contribution in [-0.4, -0.2) is 0 Å². The predicted octanol–water partition coefficient (Wildman–Crippen LogP) is 4.42. The van der Waals surface area contributed by atoms with Gasteiger partial charge >= 0.3 is 0 Å². The lowest BCUT2D eigenvalue weighted by Crippen LogP contribution is -2.00. The molecule has 2 atom stereocenters. The zero-order valence-corrected chi connectivity index (χ0v) is 9.64. The van der Waals surface area contributed by atoms with Gasteiger partial charge in [0.1, 0.15) is 0 Å². The summed E-state index contributed by atoms with van der Waals surface area (Å²) in [7, 11) is 0. The fraction of sp³-hybridized carbons (Fsp3) is 0.846. The number of hydrogen-bond donors (Lipinski definition) is 0.